The summed E-state index contributed by atoms with van der Waals surface area (Å²) in [5.41, 5.74) is -8.15. The first-order valence-electron chi connectivity index (χ1n) is 37.2. The zero-order chi connectivity index (χ0) is 86.3. The maximum absolute atomic E-state index is 14.7. The van der Waals surface area contributed by atoms with Crippen molar-refractivity contribution in [1.82, 2.24) is 0 Å². The van der Waals surface area contributed by atoms with E-state index in [2.05, 4.69) is 52.2 Å². The molecule has 0 spiro atoms. The molecule has 9 aromatic carbocycles. The first kappa shape index (κ1) is 90.4. The molecule has 0 unspecified atom stereocenters. The quantitative estimate of drug-likeness (QED) is 0.0478. The van der Waals surface area contributed by atoms with Gasteiger partial charge in [-0.25, -0.2) is 0 Å². The zero-order valence-corrected chi connectivity index (χ0v) is 77.3. The fourth-order valence-electron chi connectivity index (χ4n) is 12.0. The maximum Gasteiger partial charge on any atom is 0.534 e. The topological polar surface area (TPSA) is 192 Å². The van der Waals surface area contributed by atoms with Gasteiger partial charge in [-0.05, 0) is 209 Å². The van der Waals surface area contributed by atoms with Gasteiger partial charge in [0, 0.05) is 31.0 Å². The minimum absolute atomic E-state index is 0.0418. The molecule has 2 aliphatic heterocycles. The molecule has 0 aromatic heterocycles. The average molecular weight is 1780 g/mol. The second-order valence-corrected chi connectivity index (χ2v) is 48.9. The Hall–Kier alpha value is -6.34. The number of fused-ring (bicyclic) bond motifs is 16. The monoisotopic (exact) mass is 1780 g/mol. The van der Waals surface area contributed by atoms with Crippen molar-refractivity contribution < 1.29 is 72.0 Å². The molecule has 622 valence electrons. The van der Waals surface area contributed by atoms with E-state index in [1.165, 1.54) is 47.0 Å². The van der Waals surface area contributed by atoms with Gasteiger partial charge in [0.1, 0.15) is 23.0 Å². The molecule has 11 rings (SSSR count). The molecular formula is C88H98F6N2O10S10. The molecule has 0 fully saturated rings. The molecule has 2 aliphatic rings. The summed E-state index contributed by atoms with van der Waals surface area (Å²) in [6.07, 6.45) is 0. The number of hydrogen-bond acceptors (Lipinski definition) is 20. The highest BCUT2D eigenvalue weighted by atomic mass is 32.2. The first-order valence-corrected chi connectivity index (χ1v) is 46.5. The van der Waals surface area contributed by atoms with Gasteiger partial charge in [-0.15, -0.1) is 0 Å². The van der Waals surface area contributed by atoms with E-state index in [9.17, 15) is 63.6 Å². The van der Waals surface area contributed by atoms with Gasteiger partial charge in [0.15, 0.2) is 11.5 Å². The molecular weight excluding hydrogens is 1680 g/mol. The van der Waals surface area contributed by atoms with E-state index in [0.29, 0.717) is 73.0 Å². The third kappa shape index (κ3) is 20.0. The predicted molar refractivity (Wildman–Crippen MR) is 465 cm³/mol. The summed E-state index contributed by atoms with van der Waals surface area (Å²) in [4.78, 5) is 4.56. The fraction of sp³-hybridized carbons (Fsp3) is 0.386. The summed E-state index contributed by atoms with van der Waals surface area (Å²) in [5, 5.41) is 59.3. The van der Waals surface area contributed by atoms with E-state index < -0.39 is 86.1 Å². The molecule has 0 atom stereocenters. The van der Waals surface area contributed by atoms with Crippen molar-refractivity contribution in [3.05, 3.63) is 166 Å². The molecule has 6 N–H and O–H groups in total. The van der Waals surface area contributed by atoms with Crippen molar-refractivity contribution in [3.63, 3.8) is 0 Å². The Balaban J connectivity index is 1.12. The van der Waals surface area contributed by atoms with E-state index in [4.69, 9.17) is 8.37 Å². The number of benzene rings is 9. The molecule has 0 aliphatic carbocycles. The largest absolute Gasteiger partial charge is 0.534 e. The summed E-state index contributed by atoms with van der Waals surface area (Å²) in [6, 6.07) is 36.6. The number of alkyl halides is 6. The smallest absolute Gasteiger partial charge is 0.506 e. The van der Waals surface area contributed by atoms with Crippen LogP contribution in [0.5, 0.6) is 34.5 Å². The second-order valence-electron chi connectivity index (χ2n) is 37.2. The molecule has 0 radical (unpaired) electrons. The summed E-state index contributed by atoms with van der Waals surface area (Å²) in [7, 11) is -12.6. The lowest BCUT2D eigenvalue weighted by molar-refractivity contribution is -0.0506. The van der Waals surface area contributed by atoms with Gasteiger partial charge >= 0.3 is 31.3 Å². The van der Waals surface area contributed by atoms with Gasteiger partial charge in [0.2, 0.25) is 0 Å². The van der Waals surface area contributed by atoms with Gasteiger partial charge < -0.3 is 39.4 Å². The molecule has 12 nitrogen and oxygen atoms in total. The Labute approximate surface area is 712 Å². The van der Waals surface area contributed by atoms with Crippen molar-refractivity contribution in [2.75, 3.05) is 10.6 Å². The number of anilines is 4. The van der Waals surface area contributed by atoms with Crippen molar-refractivity contribution in [2.24, 2.45) is 0 Å². The molecule has 16 bridgehead atoms. The van der Waals surface area contributed by atoms with Gasteiger partial charge in [-0.1, -0.05) is 260 Å². The lowest BCUT2D eigenvalue weighted by Gasteiger charge is -2.28. The highest BCUT2D eigenvalue weighted by Gasteiger charge is 2.51. The molecule has 28 heteroatoms. The van der Waals surface area contributed by atoms with Crippen molar-refractivity contribution >= 4 is 137 Å². The van der Waals surface area contributed by atoms with Crippen LogP contribution in [0.1, 0.15) is 211 Å². The third-order valence-corrected chi connectivity index (χ3v) is 29.8. The van der Waals surface area contributed by atoms with E-state index in [1.807, 2.05) is 197 Å². The first-order chi connectivity index (χ1) is 52.8. The Morgan fingerprint density at radius 1 is 0.250 bits per heavy atom. The number of halogens is 6. The number of phenolic OH excluding ortho intramolecular Hbond substituents is 4. The van der Waals surface area contributed by atoms with E-state index in [1.54, 1.807) is 48.5 Å². The number of aromatic hydroxyl groups is 4. The van der Waals surface area contributed by atoms with Crippen LogP contribution in [0.4, 0.5) is 49.1 Å². The lowest BCUT2D eigenvalue weighted by atomic mass is 9.87. The van der Waals surface area contributed by atoms with Crippen LogP contribution < -0.4 is 19.0 Å². The molecule has 116 heavy (non-hydrogen) atoms. The molecule has 0 amide bonds. The third-order valence-electron chi connectivity index (χ3n) is 19.4. The van der Waals surface area contributed by atoms with Crippen LogP contribution in [0.25, 0.3) is 0 Å². The Morgan fingerprint density at radius 2 is 0.388 bits per heavy atom. The summed E-state index contributed by atoms with van der Waals surface area (Å²) >= 11 is 8.44. The van der Waals surface area contributed by atoms with Crippen LogP contribution in [-0.4, -0.2) is 48.3 Å². The SMILES string of the molecule is CC(C)(C)c1cc2c(O)c(c1)Sc1cc(C(C)(C)C)cc(c1OS(=O)(=O)C(F)(F)F)Sc1cc(C(C)(C)C)cc(c1O)Sc1cc(C(C)(C)C)cc(c1Nc1ccc(Nc3c4cc(C(C)(C)C)cc3Sc3cc(C(C)(C)C)cc(c3O)Sc3cc(C(C)(C)C)cc(c3OS(=O)(=O)C(F)(F)F)Sc3cc(C(C)(C)C)cc(c3O)S4)cc1)S2. The summed E-state index contributed by atoms with van der Waals surface area (Å²) in [5.74, 6) is -2.22. The van der Waals surface area contributed by atoms with Crippen LogP contribution in [-0.2, 0) is 63.6 Å². The van der Waals surface area contributed by atoms with Crippen molar-refractivity contribution in [3.8, 4) is 34.5 Å². The van der Waals surface area contributed by atoms with E-state index in [-0.39, 0.29) is 62.2 Å². The second kappa shape index (κ2) is 31.6. The van der Waals surface area contributed by atoms with Crippen molar-refractivity contribution in [2.45, 2.75) is 299 Å². The normalized spacial score (nSPS) is 14.5. The number of nitrogens with one attached hydrogen (secondary N) is 2. The molecule has 0 saturated heterocycles. The highest BCUT2D eigenvalue weighted by Crippen LogP contribution is 2.60. The van der Waals surface area contributed by atoms with Gasteiger partial charge in [0.05, 0.1) is 70.1 Å². The van der Waals surface area contributed by atoms with Crippen LogP contribution in [0, 0.1) is 0 Å². The number of phenols is 4. The minimum atomic E-state index is -6.32. The highest BCUT2D eigenvalue weighted by molar-refractivity contribution is 8.02. The zero-order valence-electron chi connectivity index (χ0n) is 69.1. The van der Waals surface area contributed by atoms with Gasteiger partial charge in [0.25, 0.3) is 0 Å². The van der Waals surface area contributed by atoms with Crippen LogP contribution in [0.3, 0.4) is 0 Å². The molecule has 0 saturated carbocycles. The predicted octanol–water partition coefficient (Wildman–Crippen LogP) is 28.7. The lowest BCUT2D eigenvalue weighted by Crippen LogP contribution is -2.28. The molecule has 9 aromatic rings. The van der Waals surface area contributed by atoms with Gasteiger partial charge in [-0.2, -0.15) is 43.2 Å². The number of rotatable bonds is 8. The summed E-state index contributed by atoms with van der Waals surface area (Å²) < 4.78 is 152. The van der Waals surface area contributed by atoms with Crippen LogP contribution in [0.2, 0.25) is 0 Å². The van der Waals surface area contributed by atoms with Crippen molar-refractivity contribution in [1.29, 1.82) is 0 Å². The fourth-order valence-corrected chi connectivity index (χ4v) is 22.2. The average Bonchev–Trinajstić information content (AvgIpc) is 0.766. The summed E-state index contributed by atoms with van der Waals surface area (Å²) in [6.45, 7) is 47.8. The standard InChI is InChI=1S/C88H98F6N2O10S10/c1-79(2,3)45-29-55-71(56(30-45)108-60-34-48(82(10,11)12)38-64(74(60)98)112-68-42-51(85(19,20)21)41-67(77(68)105-115(101,102)87(89,90)91)111-63-37-47(81(7,8)9)33-59(107-55)73(63)97)95-53-25-27-54(28-26-53)96-72-57-31-46(80(4,5)6)32-58(72)110-62-36-50(84(16,17)18)40-66(76(62)100)114-70-44-52(86(22,23)24)43-69(78(70)106-116(103,104)88(92,93)94)113-65-39-49(83(13,14)15)35-61(109-57)75(65)99/h25-44,95-100H,1-24H3. The van der Waals surface area contributed by atoms with Gasteiger partial charge in [-0.3, -0.25) is 0 Å². The van der Waals surface area contributed by atoms with E-state index >= 15 is 0 Å². The Kier molecular flexibility index (Phi) is 24.6. The Morgan fingerprint density at radius 3 is 0.534 bits per heavy atom. The van der Waals surface area contributed by atoms with Crippen LogP contribution in [0.15, 0.2) is 200 Å². The van der Waals surface area contributed by atoms with E-state index in [0.717, 1.165) is 80.4 Å². The van der Waals surface area contributed by atoms with Crippen LogP contribution >= 0.6 is 94.1 Å². The molecule has 2 heterocycles. The Bertz CT molecular complexity index is 5060. The maximum atomic E-state index is 14.7. The number of hydrogen-bond donors (Lipinski definition) is 6. The minimum Gasteiger partial charge on any atom is -0.506 e.